The van der Waals surface area contributed by atoms with Gasteiger partial charge in [0.25, 0.3) is 0 Å². The predicted octanol–water partition coefficient (Wildman–Crippen LogP) is 3.23. The van der Waals surface area contributed by atoms with Crippen LogP contribution < -0.4 is 5.32 Å². The van der Waals surface area contributed by atoms with Gasteiger partial charge in [0.05, 0.1) is 11.0 Å². The normalized spacial score (nSPS) is 15.3. The van der Waals surface area contributed by atoms with Gasteiger partial charge in [0.1, 0.15) is 5.82 Å². The van der Waals surface area contributed by atoms with Crippen LogP contribution in [-0.4, -0.2) is 22.6 Å². The molecule has 1 aliphatic rings. The molecule has 21 heavy (non-hydrogen) atoms. The maximum absolute atomic E-state index is 4.87. The molecule has 1 fully saturated rings. The molecule has 3 nitrogen and oxygen atoms in total. The highest BCUT2D eigenvalue weighted by Crippen LogP contribution is 2.26. The molecule has 106 valence electrons. The van der Waals surface area contributed by atoms with Gasteiger partial charge in [0.2, 0.25) is 0 Å². The number of aryl methyl sites for hydroxylation is 1. The molecule has 0 aliphatic carbocycles. The Morgan fingerprint density at radius 3 is 2.57 bits per heavy atom. The molecule has 1 aliphatic heterocycles. The van der Waals surface area contributed by atoms with Crippen molar-refractivity contribution in [2.75, 3.05) is 13.1 Å². The highest BCUT2D eigenvalue weighted by molar-refractivity contribution is 5.80. The topological polar surface area (TPSA) is 29.9 Å². The summed E-state index contributed by atoms with van der Waals surface area (Å²) >= 11 is 0. The fourth-order valence-electron chi connectivity index (χ4n) is 2.92. The molecule has 4 rings (SSSR count). The lowest BCUT2D eigenvalue weighted by Crippen LogP contribution is -2.44. The molecule has 0 radical (unpaired) electrons. The van der Waals surface area contributed by atoms with E-state index in [1.807, 2.05) is 0 Å². The van der Waals surface area contributed by atoms with Crippen molar-refractivity contribution < 1.29 is 0 Å². The van der Waals surface area contributed by atoms with E-state index in [1.54, 1.807) is 0 Å². The third-order valence-corrected chi connectivity index (χ3v) is 4.27. The second kappa shape index (κ2) is 5.01. The van der Waals surface area contributed by atoms with Gasteiger partial charge in [-0.25, -0.2) is 4.98 Å². The molecule has 0 bridgehead atoms. The van der Waals surface area contributed by atoms with Crippen molar-refractivity contribution in [3.8, 4) is 11.4 Å². The molecule has 1 N–H and O–H groups in total. The van der Waals surface area contributed by atoms with Crippen molar-refractivity contribution in [3.63, 3.8) is 0 Å². The van der Waals surface area contributed by atoms with Crippen LogP contribution in [0.15, 0.2) is 48.5 Å². The van der Waals surface area contributed by atoms with E-state index in [4.69, 9.17) is 4.98 Å². The Bertz CT molecular complexity index is 767. The number of nitrogens with one attached hydrogen (secondary N) is 1. The summed E-state index contributed by atoms with van der Waals surface area (Å²) in [6.45, 7) is 5.38. The number of hydrogen-bond acceptors (Lipinski definition) is 2. The maximum Gasteiger partial charge on any atom is 0.141 e. The molecule has 0 atom stereocenters. The molecule has 3 aromatic rings. The van der Waals surface area contributed by atoms with Gasteiger partial charge in [-0.15, -0.1) is 0 Å². The molecule has 2 heterocycles. The number of benzene rings is 2. The van der Waals surface area contributed by atoms with Crippen LogP contribution in [0.5, 0.6) is 0 Å². The van der Waals surface area contributed by atoms with Crippen molar-refractivity contribution in [3.05, 3.63) is 54.1 Å². The first-order valence-electron chi connectivity index (χ1n) is 7.54. The predicted molar refractivity (Wildman–Crippen MR) is 86.3 cm³/mol. The van der Waals surface area contributed by atoms with Gasteiger partial charge >= 0.3 is 0 Å². The minimum absolute atomic E-state index is 0.715. The number of fused-ring (bicyclic) bond motifs is 1. The monoisotopic (exact) mass is 277 g/mol. The summed E-state index contributed by atoms with van der Waals surface area (Å²) in [6, 6.07) is 17.1. The molecule has 0 amide bonds. The third-order valence-electron chi connectivity index (χ3n) is 4.27. The van der Waals surface area contributed by atoms with Crippen LogP contribution in [0.2, 0.25) is 0 Å². The molecule has 0 spiro atoms. The van der Waals surface area contributed by atoms with E-state index >= 15 is 0 Å². The average Bonchev–Trinajstić information content (AvgIpc) is 2.82. The highest BCUT2D eigenvalue weighted by Gasteiger charge is 2.21. The van der Waals surface area contributed by atoms with Gasteiger partial charge < -0.3 is 9.88 Å². The largest absolute Gasteiger partial charge is 0.324 e. The van der Waals surface area contributed by atoms with E-state index in [-0.39, 0.29) is 0 Å². The summed E-state index contributed by atoms with van der Waals surface area (Å²) in [7, 11) is 0. The Balaban J connectivity index is 1.85. The number of rotatable bonds is 3. The van der Waals surface area contributed by atoms with Gasteiger partial charge in [-0.3, -0.25) is 0 Å². The Morgan fingerprint density at radius 1 is 1.10 bits per heavy atom. The number of hydrogen-bond donors (Lipinski definition) is 1. The van der Waals surface area contributed by atoms with E-state index in [0.717, 1.165) is 31.0 Å². The first-order chi connectivity index (χ1) is 10.3. The summed E-state index contributed by atoms with van der Waals surface area (Å²) in [5.74, 6) is 1.80. The minimum Gasteiger partial charge on any atom is -0.324 e. The minimum atomic E-state index is 0.715. The van der Waals surface area contributed by atoms with Crippen molar-refractivity contribution in [2.24, 2.45) is 5.92 Å². The Hall–Kier alpha value is -2.13. The van der Waals surface area contributed by atoms with Crippen LogP contribution in [0.3, 0.4) is 0 Å². The molecular formula is C18H19N3. The summed E-state index contributed by atoms with van der Waals surface area (Å²) in [5.41, 5.74) is 4.80. The molecule has 0 unspecified atom stereocenters. The Kier molecular flexibility index (Phi) is 3.00. The van der Waals surface area contributed by atoms with E-state index < -0.39 is 0 Å². The van der Waals surface area contributed by atoms with E-state index in [2.05, 4.69) is 65.3 Å². The smallest absolute Gasteiger partial charge is 0.141 e. The van der Waals surface area contributed by atoms with Crippen LogP contribution in [0.25, 0.3) is 22.4 Å². The van der Waals surface area contributed by atoms with Gasteiger partial charge in [0, 0.05) is 31.1 Å². The lowest BCUT2D eigenvalue weighted by Gasteiger charge is -2.28. The zero-order valence-corrected chi connectivity index (χ0v) is 12.2. The van der Waals surface area contributed by atoms with Crippen molar-refractivity contribution in [1.82, 2.24) is 14.9 Å². The van der Waals surface area contributed by atoms with Gasteiger partial charge in [-0.05, 0) is 19.1 Å². The standard InChI is InChI=1S/C18H19N3/c1-13-6-8-15(9-7-13)18-20-16-4-2-3-5-17(16)21(18)12-14-10-19-11-14/h2-9,14,19H,10-12H2,1H3. The molecular weight excluding hydrogens is 258 g/mol. The van der Waals surface area contributed by atoms with Crippen molar-refractivity contribution in [1.29, 1.82) is 0 Å². The fourth-order valence-corrected chi connectivity index (χ4v) is 2.92. The number of para-hydroxylation sites is 2. The molecule has 3 heteroatoms. The zero-order valence-electron chi connectivity index (χ0n) is 12.2. The average molecular weight is 277 g/mol. The molecule has 1 aromatic heterocycles. The Labute approximate surface area is 124 Å². The number of aromatic nitrogens is 2. The van der Waals surface area contributed by atoms with E-state index in [9.17, 15) is 0 Å². The van der Waals surface area contributed by atoms with Crippen LogP contribution in [0.1, 0.15) is 5.56 Å². The van der Waals surface area contributed by atoms with E-state index in [0.29, 0.717) is 5.92 Å². The zero-order chi connectivity index (χ0) is 14.2. The van der Waals surface area contributed by atoms with Crippen molar-refractivity contribution >= 4 is 11.0 Å². The summed E-state index contributed by atoms with van der Waals surface area (Å²) in [6.07, 6.45) is 0. The van der Waals surface area contributed by atoms with Crippen LogP contribution >= 0.6 is 0 Å². The first-order valence-corrected chi connectivity index (χ1v) is 7.54. The van der Waals surface area contributed by atoms with E-state index in [1.165, 1.54) is 16.6 Å². The number of nitrogens with zero attached hydrogens (tertiary/aromatic N) is 2. The van der Waals surface area contributed by atoms with Crippen LogP contribution in [-0.2, 0) is 6.54 Å². The van der Waals surface area contributed by atoms with Crippen LogP contribution in [0, 0.1) is 12.8 Å². The number of imidazole rings is 1. The Morgan fingerprint density at radius 2 is 1.86 bits per heavy atom. The first kappa shape index (κ1) is 12.6. The molecule has 2 aromatic carbocycles. The lowest BCUT2D eigenvalue weighted by molar-refractivity contribution is 0.311. The third kappa shape index (κ3) is 2.24. The van der Waals surface area contributed by atoms with Crippen molar-refractivity contribution in [2.45, 2.75) is 13.5 Å². The second-order valence-corrected chi connectivity index (χ2v) is 5.93. The van der Waals surface area contributed by atoms with Gasteiger partial charge in [-0.2, -0.15) is 0 Å². The quantitative estimate of drug-likeness (QED) is 0.796. The lowest BCUT2D eigenvalue weighted by atomic mass is 10.0. The molecule has 0 saturated carbocycles. The summed E-state index contributed by atoms with van der Waals surface area (Å²) in [4.78, 5) is 4.87. The second-order valence-electron chi connectivity index (χ2n) is 5.93. The van der Waals surface area contributed by atoms with Gasteiger partial charge in [-0.1, -0.05) is 42.0 Å². The fraction of sp³-hybridized carbons (Fsp3) is 0.278. The van der Waals surface area contributed by atoms with Gasteiger partial charge in [0.15, 0.2) is 0 Å². The maximum atomic E-state index is 4.87. The highest BCUT2D eigenvalue weighted by atomic mass is 15.1. The summed E-state index contributed by atoms with van der Waals surface area (Å²) in [5, 5.41) is 3.35. The molecule has 1 saturated heterocycles. The van der Waals surface area contributed by atoms with Crippen LogP contribution in [0.4, 0.5) is 0 Å². The summed E-state index contributed by atoms with van der Waals surface area (Å²) < 4.78 is 2.38. The SMILES string of the molecule is Cc1ccc(-c2nc3ccccc3n2CC2CNC2)cc1.